The Morgan fingerprint density at radius 3 is 2.81 bits per heavy atom. The van der Waals surface area contributed by atoms with Gasteiger partial charge in [-0.2, -0.15) is 10.1 Å². The predicted molar refractivity (Wildman–Crippen MR) is 93.7 cm³/mol. The molecular formula is C18H22N6O2. The van der Waals surface area contributed by atoms with Gasteiger partial charge in [-0.15, -0.1) is 0 Å². The van der Waals surface area contributed by atoms with Gasteiger partial charge in [-0.1, -0.05) is 17.3 Å². The zero-order valence-corrected chi connectivity index (χ0v) is 15.2. The number of ether oxygens (including phenoxy) is 1. The molecule has 2 aromatic heterocycles. The number of hydrogen-bond acceptors (Lipinski definition) is 7. The van der Waals surface area contributed by atoms with Gasteiger partial charge in [0.1, 0.15) is 18.8 Å². The van der Waals surface area contributed by atoms with Crippen molar-refractivity contribution in [3.63, 3.8) is 0 Å². The molecule has 1 saturated heterocycles. The first kappa shape index (κ1) is 16.9. The summed E-state index contributed by atoms with van der Waals surface area (Å²) < 4.78 is 13.1. The number of aromatic nitrogens is 5. The molecule has 0 bridgehead atoms. The Hall–Kier alpha value is -2.58. The molecular weight excluding hydrogens is 332 g/mol. The van der Waals surface area contributed by atoms with Crippen molar-refractivity contribution in [1.29, 1.82) is 0 Å². The summed E-state index contributed by atoms with van der Waals surface area (Å²) in [5, 5.41) is 8.08. The molecule has 1 aliphatic rings. The minimum Gasteiger partial charge on any atom is -0.363 e. The van der Waals surface area contributed by atoms with Crippen LogP contribution in [0.15, 0.2) is 35.4 Å². The number of morpholine rings is 1. The Labute approximate surface area is 151 Å². The maximum Gasteiger partial charge on any atom is 0.257 e. The maximum atomic E-state index is 5.99. The first-order valence-electron chi connectivity index (χ1n) is 8.71. The van der Waals surface area contributed by atoms with Crippen LogP contribution in [0.5, 0.6) is 0 Å². The third kappa shape index (κ3) is 3.51. The highest BCUT2D eigenvalue weighted by atomic mass is 16.5. The second-order valence-corrected chi connectivity index (χ2v) is 6.77. The van der Waals surface area contributed by atoms with E-state index in [4.69, 9.17) is 9.26 Å². The van der Waals surface area contributed by atoms with Crippen LogP contribution >= 0.6 is 0 Å². The summed E-state index contributed by atoms with van der Waals surface area (Å²) in [4.78, 5) is 10.7. The van der Waals surface area contributed by atoms with E-state index in [1.807, 2.05) is 6.92 Å². The average molecular weight is 354 g/mol. The highest BCUT2D eigenvalue weighted by molar-refractivity contribution is 5.41. The van der Waals surface area contributed by atoms with Crippen LogP contribution < -0.4 is 0 Å². The van der Waals surface area contributed by atoms with E-state index in [-0.39, 0.29) is 12.2 Å². The van der Waals surface area contributed by atoms with Crippen LogP contribution in [0, 0.1) is 13.8 Å². The van der Waals surface area contributed by atoms with Crippen LogP contribution in [-0.2, 0) is 11.3 Å². The summed E-state index contributed by atoms with van der Waals surface area (Å²) in [6.07, 6.45) is 3.18. The molecule has 26 heavy (non-hydrogen) atoms. The van der Waals surface area contributed by atoms with E-state index in [0.717, 1.165) is 25.3 Å². The van der Waals surface area contributed by atoms with Gasteiger partial charge in [0.05, 0.1) is 11.8 Å². The summed E-state index contributed by atoms with van der Waals surface area (Å²) >= 11 is 0. The van der Waals surface area contributed by atoms with Gasteiger partial charge in [-0.3, -0.25) is 4.90 Å². The van der Waals surface area contributed by atoms with E-state index in [9.17, 15) is 0 Å². The van der Waals surface area contributed by atoms with Crippen molar-refractivity contribution in [1.82, 2.24) is 29.8 Å². The van der Waals surface area contributed by atoms with Gasteiger partial charge in [0.2, 0.25) is 0 Å². The standard InChI is InChI=1S/C18H22N6O2/c1-12-6-15(4-5-16(12)24-11-19-10-20-24)8-23-7-13(2)25-17(9-23)18-21-14(3)22-26-18/h4-6,10-11,13,17H,7-9H2,1-3H3/t13-,17-/m1/s1. The van der Waals surface area contributed by atoms with Gasteiger partial charge in [-0.05, 0) is 38.0 Å². The van der Waals surface area contributed by atoms with Crippen LogP contribution in [0.25, 0.3) is 5.69 Å². The molecule has 0 amide bonds. The Bertz CT molecular complexity index is 876. The molecule has 8 nitrogen and oxygen atoms in total. The highest BCUT2D eigenvalue weighted by Gasteiger charge is 2.30. The zero-order chi connectivity index (χ0) is 18.1. The van der Waals surface area contributed by atoms with Crippen LogP contribution in [-0.4, -0.2) is 49.0 Å². The zero-order valence-electron chi connectivity index (χ0n) is 15.2. The van der Waals surface area contributed by atoms with E-state index in [2.05, 4.69) is 57.2 Å². The molecule has 0 spiro atoms. The Kier molecular flexibility index (Phi) is 4.52. The molecule has 0 saturated carbocycles. The van der Waals surface area contributed by atoms with Crippen molar-refractivity contribution < 1.29 is 9.26 Å². The lowest BCUT2D eigenvalue weighted by Gasteiger charge is -2.35. The molecule has 8 heteroatoms. The molecule has 2 atom stereocenters. The van der Waals surface area contributed by atoms with Crippen molar-refractivity contribution in [3.8, 4) is 5.69 Å². The summed E-state index contributed by atoms with van der Waals surface area (Å²) in [5.74, 6) is 1.18. The second kappa shape index (κ2) is 6.97. The quantitative estimate of drug-likeness (QED) is 0.710. The molecule has 4 rings (SSSR count). The summed E-state index contributed by atoms with van der Waals surface area (Å²) in [6.45, 7) is 8.42. The molecule has 3 heterocycles. The maximum absolute atomic E-state index is 5.99. The lowest BCUT2D eigenvalue weighted by Crippen LogP contribution is -2.42. The van der Waals surface area contributed by atoms with Crippen LogP contribution in [0.1, 0.15) is 35.9 Å². The van der Waals surface area contributed by atoms with Gasteiger partial charge >= 0.3 is 0 Å². The van der Waals surface area contributed by atoms with Crippen LogP contribution in [0.4, 0.5) is 0 Å². The molecule has 0 radical (unpaired) electrons. The lowest BCUT2D eigenvalue weighted by atomic mass is 10.1. The molecule has 1 aliphatic heterocycles. The third-order valence-corrected chi connectivity index (χ3v) is 4.49. The Morgan fingerprint density at radius 2 is 2.12 bits per heavy atom. The summed E-state index contributed by atoms with van der Waals surface area (Å²) in [7, 11) is 0. The summed E-state index contributed by atoms with van der Waals surface area (Å²) in [6, 6.07) is 6.42. The topological polar surface area (TPSA) is 82.1 Å². The van der Waals surface area contributed by atoms with Gasteiger partial charge in [0.25, 0.3) is 5.89 Å². The minimum absolute atomic E-state index is 0.108. The highest BCUT2D eigenvalue weighted by Crippen LogP contribution is 2.25. The number of benzene rings is 1. The molecule has 0 unspecified atom stereocenters. The lowest BCUT2D eigenvalue weighted by molar-refractivity contribution is -0.0930. The normalized spacial score (nSPS) is 21.2. The fourth-order valence-electron chi connectivity index (χ4n) is 3.41. The average Bonchev–Trinajstić information content (AvgIpc) is 3.26. The fourth-order valence-corrected chi connectivity index (χ4v) is 3.41. The van der Waals surface area contributed by atoms with Gasteiger partial charge in [0.15, 0.2) is 5.82 Å². The number of hydrogen-bond donors (Lipinski definition) is 0. The fraction of sp³-hybridized carbons (Fsp3) is 0.444. The number of rotatable bonds is 4. The smallest absolute Gasteiger partial charge is 0.257 e. The predicted octanol–water partition coefficient (Wildman–Crippen LogP) is 2.23. The van der Waals surface area contributed by atoms with Crippen LogP contribution in [0.3, 0.4) is 0 Å². The van der Waals surface area contributed by atoms with E-state index >= 15 is 0 Å². The Morgan fingerprint density at radius 1 is 1.23 bits per heavy atom. The third-order valence-electron chi connectivity index (χ3n) is 4.49. The van der Waals surface area contributed by atoms with Crippen molar-refractivity contribution in [2.45, 2.75) is 39.5 Å². The Balaban J connectivity index is 1.48. The van der Waals surface area contributed by atoms with Gasteiger partial charge in [0, 0.05) is 19.6 Å². The minimum atomic E-state index is -0.185. The van der Waals surface area contributed by atoms with E-state index in [1.54, 1.807) is 17.3 Å². The van der Waals surface area contributed by atoms with E-state index in [0.29, 0.717) is 11.7 Å². The first-order valence-corrected chi connectivity index (χ1v) is 8.71. The molecule has 0 aliphatic carbocycles. The molecule has 136 valence electrons. The van der Waals surface area contributed by atoms with Crippen LogP contribution in [0.2, 0.25) is 0 Å². The second-order valence-electron chi connectivity index (χ2n) is 6.77. The summed E-state index contributed by atoms with van der Waals surface area (Å²) in [5.41, 5.74) is 3.46. The number of aryl methyl sites for hydroxylation is 2. The molecule has 3 aromatic rings. The van der Waals surface area contributed by atoms with Crippen molar-refractivity contribution in [3.05, 3.63) is 53.7 Å². The molecule has 1 aromatic carbocycles. The largest absolute Gasteiger partial charge is 0.363 e. The number of nitrogens with zero attached hydrogens (tertiary/aromatic N) is 6. The SMILES string of the molecule is Cc1noc([C@H]2CN(Cc3ccc(-n4cncn4)c(C)c3)C[C@@H](C)O2)n1. The molecule has 0 N–H and O–H groups in total. The van der Waals surface area contributed by atoms with Gasteiger partial charge in [-0.25, -0.2) is 9.67 Å². The van der Waals surface area contributed by atoms with Crippen molar-refractivity contribution in [2.24, 2.45) is 0 Å². The molecule has 1 fully saturated rings. The van der Waals surface area contributed by atoms with E-state index < -0.39 is 0 Å². The van der Waals surface area contributed by atoms with Crippen molar-refractivity contribution >= 4 is 0 Å². The van der Waals surface area contributed by atoms with Gasteiger partial charge < -0.3 is 9.26 Å². The van der Waals surface area contributed by atoms with Crippen molar-refractivity contribution in [2.75, 3.05) is 13.1 Å². The first-order chi connectivity index (χ1) is 12.6. The monoisotopic (exact) mass is 354 g/mol. The van der Waals surface area contributed by atoms with E-state index in [1.165, 1.54) is 11.1 Å².